The molecule has 224 valence electrons. The summed E-state index contributed by atoms with van der Waals surface area (Å²) in [5.41, 5.74) is 3.46. The van der Waals surface area contributed by atoms with Crippen molar-refractivity contribution in [1.29, 1.82) is 10.5 Å². The van der Waals surface area contributed by atoms with Gasteiger partial charge in [0.15, 0.2) is 0 Å². The van der Waals surface area contributed by atoms with E-state index >= 15 is 0 Å². The number of alkyl carbamates (subject to hydrolysis) is 1. The molecule has 0 aliphatic heterocycles. The van der Waals surface area contributed by atoms with Crippen LogP contribution in [-0.2, 0) is 33.0 Å². The highest BCUT2D eigenvalue weighted by atomic mass is 32.2. The maximum Gasteiger partial charge on any atom is 0.412 e. The van der Waals surface area contributed by atoms with Crippen molar-refractivity contribution in [1.82, 2.24) is 15.6 Å². The molecular weight excluding hydrogens is 552 g/mol. The first-order valence-electron chi connectivity index (χ1n) is 13.6. The second kappa shape index (κ2) is 15.8. The largest absolute Gasteiger partial charge is 0.459 e. The molecule has 0 aliphatic carbocycles. The van der Waals surface area contributed by atoms with E-state index in [1.807, 2.05) is 14.0 Å². The number of aromatic nitrogens is 1. The lowest BCUT2D eigenvalue weighted by molar-refractivity contribution is -0.139. The Balaban J connectivity index is 2.21. The number of rotatable bonds is 12. The lowest BCUT2D eigenvalue weighted by Crippen LogP contribution is -2.35. The molecule has 1 aromatic heterocycles. The van der Waals surface area contributed by atoms with Crippen molar-refractivity contribution in [3.63, 3.8) is 0 Å². The zero-order valence-electron chi connectivity index (χ0n) is 25.7. The van der Waals surface area contributed by atoms with Crippen molar-refractivity contribution >= 4 is 29.6 Å². The van der Waals surface area contributed by atoms with Crippen LogP contribution in [0.5, 0.6) is 0 Å². The van der Waals surface area contributed by atoms with Gasteiger partial charge in [-0.05, 0) is 70.4 Å². The number of allylic oxidation sites excluding steroid dienone is 1. The van der Waals surface area contributed by atoms with Gasteiger partial charge in [-0.3, -0.25) is 5.32 Å². The third-order valence-electron chi connectivity index (χ3n) is 5.96. The molecule has 0 atom stereocenters. The number of benzene rings is 1. The first-order valence-corrected chi connectivity index (χ1v) is 14.6. The van der Waals surface area contributed by atoms with Crippen LogP contribution in [0, 0.1) is 22.7 Å². The zero-order chi connectivity index (χ0) is 31.4. The van der Waals surface area contributed by atoms with Crippen molar-refractivity contribution in [2.45, 2.75) is 70.9 Å². The van der Waals surface area contributed by atoms with Crippen LogP contribution in [0.4, 0.5) is 10.6 Å². The highest BCUT2D eigenvalue weighted by molar-refractivity contribution is 7.98. The first-order chi connectivity index (χ1) is 19.8. The lowest BCUT2D eigenvalue weighted by atomic mass is 10.0. The summed E-state index contributed by atoms with van der Waals surface area (Å²) < 4.78 is 10.7. The molecule has 0 aliphatic rings. The van der Waals surface area contributed by atoms with Crippen LogP contribution in [0.15, 0.2) is 40.6 Å². The van der Waals surface area contributed by atoms with Gasteiger partial charge in [-0.2, -0.15) is 10.5 Å². The number of esters is 1. The number of carbonyl (C=O) groups is 2. The van der Waals surface area contributed by atoms with Gasteiger partial charge >= 0.3 is 12.1 Å². The van der Waals surface area contributed by atoms with Gasteiger partial charge in [0.1, 0.15) is 40.9 Å². The minimum absolute atomic E-state index is 0.00654. The topological polar surface area (TPSA) is 140 Å². The van der Waals surface area contributed by atoms with Crippen LogP contribution in [0.25, 0.3) is 0 Å². The van der Waals surface area contributed by atoms with Gasteiger partial charge in [0.2, 0.25) is 0 Å². The minimum Gasteiger partial charge on any atom is -0.459 e. The smallest absolute Gasteiger partial charge is 0.412 e. The molecule has 0 unspecified atom stereocenters. The quantitative estimate of drug-likeness (QED) is 0.192. The molecule has 0 saturated carbocycles. The summed E-state index contributed by atoms with van der Waals surface area (Å²) in [6, 6.07) is 12.7. The summed E-state index contributed by atoms with van der Waals surface area (Å²) in [6.07, 6.45) is -0.268. The lowest BCUT2D eigenvalue weighted by Gasteiger charge is -2.23. The fraction of sp³-hybridized carbons (Fsp3) is 0.452. The Morgan fingerprint density at radius 1 is 1.07 bits per heavy atom. The van der Waals surface area contributed by atoms with Crippen molar-refractivity contribution in [3.8, 4) is 12.1 Å². The number of amides is 1. The van der Waals surface area contributed by atoms with Gasteiger partial charge in [-0.15, -0.1) is 11.8 Å². The molecule has 2 aromatic rings. The molecule has 1 aromatic carbocycles. The maximum atomic E-state index is 12.8. The van der Waals surface area contributed by atoms with E-state index < -0.39 is 17.7 Å². The van der Waals surface area contributed by atoms with Gasteiger partial charge in [0, 0.05) is 19.3 Å². The van der Waals surface area contributed by atoms with Crippen molar-refractivity contribution < 1.29 is 19.1 Å². The van der Waals surface area contributed by atoms with Gasteiger partial charge < -0.3 is 19.7 Å². The third kappa shape index (κ3) is 9.79. The Labute approximate surface area is 253 Å². The Hall–Kier alpha value is -4.06. The van der Waals surface area contributed by atoms with Crippen LogP contribution in [0.3, 0.4) is 0 Å². The predicted octanol–water partition coefficient (Wildman–Crippen LogP) is 5.20. The highest BCUT2D eigenvalue weighted by Gasteiger charge is 2.23. The molecule has 1 amide bonds. The summed E-state index contributed by atoms with van der Waals surface area (Å²) in [6.45, 7) is 11.4. The first kappa shape index (κ1) is 34.1. The van der Waals surface area contributed by atoms with Gasteiger partial charge in [-0.1, -0.05) is 31.2 Å². The van der Waals surface area contributed by atoms with Crippen LogP contribution < -0.4 is 15.5 Å². The van der Waals surface area contributed by atoms with Crippen molar-refractivity contribution in [3.05, 3.63) is 63.4 Å². The second-order valence-corrected chi connectivity index (χ2v) is 11.7. The molecular formula is C31H40N6O4S. The molecule has 11 heteroatoms. The van der Waals surface area contributed by atoms with E-state index in [1.54, 1.807) is 46.6 Å². The number of pyridine rings is 1. The average molecular weight is 593 g/mol. The van der Waals surface area contributed by atoms with Crippen LogP contribution in [0.2, 0.25) is 0 Å². The summed E-state index contributed by atoms with van der Waals surface area (Å²) in [5.74, 6) is 0.312. The minimum atomic E-state index is -0.751. The average Bonchev–Trinajstić information content (AvgIpc) is 2.93. The number of nitrogens with zero attached hydrogens (tertiary/aromatic N) is 4. The predicted molar refractivity (Wildman–Crippen MR) is 164 cm³/mol. The summed E-state index contributed by atoms with van der Waals surface area (Å²) in [5, 5.41) is 26.1. The molecule has 0 spiro atoms. The third-order valence-corrected chi connectivity index (χ3v) is 7.00. The molecule has 0 bridgehead atoms. The number of nitriles is 2. The van der Waals surface area contributed by atoms with Crippen LogP contribution in [0.1, 0.15) is 69.4 Å². The van der Waals surface area contributed by atoms with E-state index in [9.17, 15) is 20.1 Å². The van der Waals surface area contributed by atoms with E-state index in [0.717, 1.165) is 12.1 Å². The van der Waals surface area contributed by atoms with E-state index in [4.69, 9.17) is 14.5 Å². The Bertz CT molecular complexity index is 1380. The molecule has 10 nitrogen and oxygen atoms in total. The van der Waals surface area contributed by atoms with Crippen LogP contribution >= 0.6 is 11.8 Å². The molecule has 42 heavy (non-hydrogen) atoms. The molecule has 0 fully saturated rings. The van der Waals surface area contributed by atoms with E-state index in [2.05, 4.69) is 47.0 Å². The fourth-order valence-electron chi connectivity index (χ4n) is 3.91. The normalized spacial score (nSPS) is 10.7. The number of carbonyl (C=O) groups excluding carboxylic acids is 2. The number of hydrogen-bond donors (Lipinski definition) is 2. The summed E-state index contributed by atoms with van der Waals surface area (Å²) >= 11 is 1.44. The zero-order valence-corrected chi connectivity index (χ0v) is 26.5. The van der Waals surface area contributed by atoms with Gasteiger partial charge in [0.05, 0.1) is 17.7 Å². The standard InChI is InChI=1S/C31H40N6O4S/c1-9-23-24(16-32)27(36-28(25(23)17-33)42-19-22-12-10-21(11-13-22)18-34-7)37(8)14-15-40-29(38)26(20(2)3)35-30(39)41-31(4,5)6/h10-13,34H,9,14-15,18-19H2,1-8H3,(H,35,39). The number of thioether (sulfide) groups is 1. The number of anilines is 1. The van der Waals surface area contributed by atoms with E-state index in [0.29, 0.717) is 45.3 Å². The highest BCUT2D eigenvalue weighted by Crippen LogP contribution is 2.33. The SMILES string of the molecule is CCc1c(C#N)c(SCc2ccc(CNC)cc2)nc(N(C)CCOC(=O)C(NC(=O)OC(C)(C)C)=C(C)C)c1C#N. The molecule has 2 rings (SSSR count). The number of hydrogen-bond acceptors (Lipinski definition) is 10. The summed E-state index contributed by atoms with van der Waals surface area (Å²) in [7, 11) is 3.65. The Morgan fingerprint density at radius 2 is 1.69 bits per heavy atom. The molecule has 2 N–H and O–H groups in total. The van der Waals surface area contributed by atoms with Crippen molar-refractivity contribution in [2.75, 3.05) is 32.1 Å². The number of ether oxygens (including phenoxy) is 2. The molecule has 0 radical (unpaired) electrons. The Morgan fingerprint density at radius 3 is 2.21 bits per heavy atom. The monoisotopic (exact) mass is 592 g/mol. The molecule has 0 saturated heterocycles. The van der Waals surface area contributed by atoms with E-state index in [-0.39, 0.29) is 18.8 Å². The van der Waals surface area contributed by atoms with Gasteiger partial charge in [0.25, 0.3) is 0 Å². The molecule has 1 heterocycles. The van der Waals surface area contributed by atoms with Gasteiger partial charge in [-0.25, -0.2) is 14.6 Å². The fourth-order valence-corrected chi connectivity index (χ4v) is 4.87. The van der Waals surface area contributed by atoms with E-state index in [1.165, 1.54) is 17.3 Å². The summed E-state index contributed by atoms with van der Waals surface area (Å²) in [4.78, 5) is 31.4. The second-order valence-electron chi connectivity index (χ2n) is 10.7. The number of likely N-dealkylation sites (N-methyl/N-ethyl adjacent to an activating group) is 1. The maximum absolute atomic E-state index is 12.8. The van der Waals surface area contributed by atoms with Crippen LogP contribution in [-0.4, -0.2) is 49.9 Å². The Kier molecular flexibility index (Phi) is 12.9. The van der Waals surface area contributed by atoms with Crippen molar-refractivity contribution in [2.24, 2.45) is 0 Å². The number of nitrogens with one attached hydrogen (secondary N) is 2.